The topological polar surface area (TPSA) is 64.6 Å². The van der Waals surface area contributed by atoms with Gasteiger partial charge in [0.15, 0.2) is 0 Å². The highest BCUT2D eigenvalue weighted by Crippen LogP contribution is 2.16. The number of hydrogen-bond donors (Lipinski definition) is 1. The second kappa shape index (κ2) is 15.8. The maximum Gasteiger partial charge on any atom is 0.407 e. The van der Waals surface area contributed by atoms with Crippen LogP contribution in [0.2, 0.25) is 0 Å². The van der Waals surface area contributed by atoms with Crippen molar-refractivity contribution in [3.8, 4) is 0 Å². The molecule has 0 saturated carbocycles. The van der Waals surface area contributed by atoms with E-state index in [1.54, 1.807) is 0 Å². The van der Waals surface area contributed by atoms with Crippen molar-refractivity contribution in [2.24, 2.45) is 0 Å². The van der Waals surface area contributed by atoms with Crippen LogP contribution in [-0.4, -0.2) is 30.3 Å². The van der Waals surface area contributed by atoms with Crippen molar-refractivity contribution >= 4 is 12.1 Å². The minimum absolute atomic E-state index is 0.0439. The molecule has 1 unspecified atom stereocenters. The van der Waals surface area contributed by atoms with E-state index in [2.05, 4.69) is 19.2 Å². The van der Waals surface area contributed by atoms with Crippen molar-refractivity contribution in [2.45, 2.75) is 123 Å². The number of ether oxygens (including phenoxy) is 2. The fraction of sp³-hybridized carbons (Fsp3) is 0.909. The molecule has 5 nitrogen and oxygen atoms in total. The van der Waals surface area contributed by atoms with Crippen molar-refractivity contribution in [3.05, 3.63) is 0 Å². The summed E-state index contributed by atoms with van der Waals surface area (Å²) < 4.78 is 10.9. The van der Waals surface area contributed by atoms with Gasteiger partial charge in [-0.2, -0.15) is 0 Å². The lowest BCUT2D eigenvalue weighted by Gasteiger charge is -2.20. The Kier molecular flexibility index (Phi) is 15.0. The summed E-state index contributed by atoms with van der Waals surface area (Å²) in [6, 6.07) is 0. The normalized spacial score (nSPS) is 12.5. The van der Waals surface area contributed by atoms with Crippen molar-refractivity contribution in [2.75, 3.05) is 6.54 Å². The molecule has 1 amide bonds. The van der Waals surface area contributed by atoms with E-state index in [1.165, 1.54) is 32.1 Å². The maximum absolute atomic E-state index is 12.1. The van der Waals surface area contributed by atoms with E-state index in [1.807, 2.05) is 20.8 Å². The molecule has 0 aromatic carbocycles. The average molecular weight is 386 g/mol. The summed E-state index contributed by atoms with van der Waals surface area (Å²) in [6.07, 6.45) is 12.1. The molecule has 0 aromatic rings. The van der Waals surface area contributed by atoms with Gasteiger partial charge in [0.25, 0.3) is 0 Å². The molecule has 0 bridgehead atoms. The smallest absolute Gasteiger partial charge is 0.407 e. The largest absolute Gasteiger partial charge is 0.462 e. The summed E-state index contributed by atoms with van der Waals surface area (Å²) in [4.78, 5) is 23.7. The molecule has 0 aliphatic carbocycles. The summed E-state index contributed by atoms with van der Waals surface area (Å²) in [7, 11) is 0. The fourth-order valence-corrected chi connectivity index (χ4v) is 2.83. The number of rotatable bonds is 15. The number of carbonyl (C=O) groups is 2. The van der Waals surface area contributed by atoms with Gasteiger partial charge < -0.3 is 14.8 Å². The van der Waals surface area contributed by atoms with Gasteiger partial charge in [-0.15, -0.1) is 0 Å². The molecule has 1 atom stereocenters. The van der Waals surface area contributed by atoms with Crippen LogP contribution >= 0.6 is 0 Å². The third kappa shape index (κ3) is 17.9. The summed E-state index contributed by atoms with van der Waals surface area (Å²) in [5, 5.41) is 2.67. The minimum atomic E-state index is -0.508. The Labute approximate surface area is 167 Å². The third-order valence-corrected chi connectivity index (χ3v) is 4.28. The molecule has 0 saturated heterocycles. The highest BCUT2D eigenvalue weighted by Gasteiger charge is 2.16. The number of carbonyl (C=O) groups excluding carboxylic acids is 2. The second-order valence-electron chi connectivity index (χ2n) is 8.34. The predicted octanol–water partition coefficient (Wildman–Crippen LogP) is 6.14. The van der Waals surface area contributed by atoms with Crippen LogP contribution in [0.4, 0.5) is 4.79 Å². The van der Waals surface area contributed by atoms with Crippen LogP contribution in [0.25, 0.3) is 0 Å². The number of esters is 1. The molecule has 0 radical (unpaired) electrons. The first-order valence-corrected chi connectivity index (χ1v) is 10.9. The fourth-order valence-electron chi connectivity index (χ4n) is 2.83. The first kappa shape index (κ1) is 25.7. The average Bonchev–Trinajstić information content (AvgIpc) is 2.57. The van der Waals surface area contributed by atoms with Crippen LogP contribution in [0.3, 0.4) is 0 Å². The number of unbranched alkanes of at least 4 members (excludes halogenated alkanes) is 6. The molecule has 1 N–H and O–H groups in total. The van der Waals surface area contributed by atoms with E-state index >= 15 is 0 Å². The lowest BCUT2D eigenvalue weighted by atomic mass is 10.0. The second-order valence-corrected chi connectivity index (χ2v) is 8.34. The van der Waals surface area contributed by atoms with E-state index in [-0.39, 0.29) is 12.1 Å². The van der Waals surface area contributed by atoms with Gasteiger partial charge in [-0.05, 0) is 46.5 Å². The first-order chi connectivity index (χ1) is 12.8. The van der Waals surface area contributed by atoms with E-state index < -0.39 is 11.7 Å². The quantitative estimate of drug-likeness (QED) is 0.271. The summed E-state index contributed by atoms with van der Waals surface area (Å²) >= 11 is 0. The Morgan fingerprint density at radius 2 is 1.44 bits per heavy atom. The van der Waals surface area contributed by atoms with Gasteiger partial charge in [0, 0.05) is 13.0 Å². The molecule has 0 aliphatic rings. The Hall–Kier alpha value is -1.26. The Bertz CT molecular complexity index is 390. The predicted molar refractivity (Wildman–Crippen MR) is 111 cm³/mol. The number of hydrogen-bond acceptors (Lipinski definition) is 4. The molecule has 0 heterocycles. The minimum Gasteiger partial charge on any atom is -0.462 e. The van der Waals surface area contributed by atoms with Crippen molar-refractivity contribution in [1.82, 2.24) is 5.32 Å². The lowest BCUT2D eigenvalue weighted by molar-refractivity contribution is -0.150. The van der Waals surface area contributed by atoms with Gasteiger partial charge in [-0.25, -0.2) is 4.79 Å². The third-order valence-electron chi connectivity index (χ3n) is 4.28. The zero-order valence-electron chi connectivity index (χ0n) is 18.4. The molecule has 0 fully saturated rings. The maximum atomic E-state index is 12.1. The molecule has 0 aliphatic heterocycles. The van der Waals surface area contributed by atoms with Gasteiger partial charge in [0.2, 0.25) is 0 Å². The highest BCUT2D eigenvalue weighted by atomic mass is 16.6. The molecule has 5 heteroatoms. The van der Waals surface area contributed by atoms with Crippen LogP contribution in [-0.2, 0) is 14.3 Å². The van der Waals surface area contributed by atoms with E-state index in [0.29, 0.717) is 19.4 Å². The molecule has 0 aromatic heterocycles. The Morgan fingerprint density at radius 3 is 2.07 bits per heavy atom. The van der Waals surface area contributed by atoms with Gasteiger partial charge in [0.1, 0.15) is 11.7 Å². The van der Waals surface area contributed by atoms with Crippen LogP contribution in [0.5, 0.6) is 0 Å². The first-order valence-electron chi connectivity index (χ1n) is 10.9. The zero-order chi connectivity index (χ0) is 20.5. The number of amides is 1. The standard InChI is InChI=1S/C22H43NO4/c1-6-8-10-11-12-13-16-19(15-9-7-2)26-20(24)17-14-18-23-21(25)27-22(3,4)5/h19H,6-18H2,1-5H3,(H,23,25). The van der Waals surface area contributed by atoms with Gasteiger partial charge in [-0.1, -0.05) is 58.8 Å². The molecular weight excluding hydrogens is 342 g/mol. The van der Waals surface area contributed by atoms with Crippen molar-refractivity contribution in [3.63, 3.8) is 0 Å². The van der Waals surface area contributed by atoms with E-state index in [4.69, 9.17) is 9.47 Å². The van der Waals surface area contributed by atoms with Crippen molar-refractivity contribution < 1.29 is 19.1 Å². The Balaban J connectivity index is 3.97. The SMILES string of the molecule is CCCCCCCCC(CCCC)OC(=O)CCCNC(=O)OC(C)(C)C. The van der Waals surface area contributed by atoms with Crippen LogP contribution < -0.4 is 5.32 Å². The monoisotopic (exact) mass is 385 g/mol. The van der Waals surface area contributed by atoms with Gasteiger partial charge in [-0.3, -0.25) is 4.79 Å². The van der Waals surface area contributed by atoms with E-state index in [9.17, 15) is 9.59 Å². The van der Waals surface area contributed by atoms with Crippen LogP contribution in [0.15, 0.2) is 0 Å². The summed E-state index contributed by atoms with van der Waals surface area (Å²) in [6.45, 7) is 10.3. The van der Waals surface area contributed by atoms with Gasteiger partial charge in [0.05, 0.1) is 0 Å². The van der Waals surface area contributed by atoms with Crippen LogP contribution in [0.1, 0.15) is 112 Å². The molecular formula is C22H43NO4. The van der Waals surface area contributed by atoms with E-state index in [0.717, 1.165) is 32.1 Å². The summed E-state index contributed by atoms with van der Waals surface area (Å²) in [5.41, 5.74) is -0.508. The molecule has 0 rings (SSSR count). The summed E-state index contributed by atoms with van der Waals surface area (Å²) in [5.74, 6) is -0.159. The zero-order valence-corrected chi connectivity index (χ0v) is 18.4. The van der Waals surface area contributed by atoms with Gasteiger partial charge >= 0.3 is 12.1 Å². The molecule has 0 spiro atoms. The van der Waals surface area contributed by atoms with Crippen molar-refractivity contribution in [1.29, 1.82) is 0 Å². The highest BCUT2D eigenvalue weighted by molar-refractivity contribution is 5.70. The lowest BCUT2D eigenvalue weighted by Crippen LogP contribution is -2.33. The molecule has 160 valence electrons. The number of nitrogens with one attached hydrogen (secondary N) is 1. The van der Waals surface area contributed by atoms with Crippen LogP contribution in [0, 0.1) is 0 Å². The molecule has 27 heavy (non-hydrogen) atoms. The number of alkyl carbamates (subject to hydrolysis) is 1. The Morgan fingerprint density at radius 1 is 0.852 bits per heavy atom.